The molecule has 0 aliphatic carbocycles. The van der Waals surface area contributed by atoms with Gasteiger partial charge in [0.1, 0.15) is 12.3 Å². The van der Waals surface area contributed by atoms with Crippen LogP contribution in [-0.4, -0.2) is 47.6 Å². The van der Waals surface area contributed by atoms with Gasteiger partial charge in [-0.25, -0.2) is 8.42 Å². The molecular weight excluding hydrogens is 282 g/mol. The van der Waals surface area contributed by atoms with Gasteiger partial charge in [0, 0.05) is 0 Å². The van der Waals surface area contributed by atoms with Gasteiger partial charge in [-0.1, -0.05) is 17.7 Å². The van der Waals surface area contributed by atoms with Crippen LogP contribution < -0.4 is 0 Å². The molecule has 0 aromatic heterocycles. The van der Waals surface area contributed by atoms with Crippen molar-refractivity contribution in [2.24, 2.45) is 0 Å². The van der Waals surface area contributed by atoms with E-state index in [9.17, 15) is 23.4 Å². The van der Waals surface area contributed by atoms with Crippen molar-refractivity contribution in [3.63, 3.8) is 0 Å². The van der Waals surface area contributed by atoms with Crippen molar-refractivity contribution in [3.05, 3.63) is 42.0 Å². The summed E-state index contributed by atoms with van der Waals surface area (Å²) < 4.78 is 25.6. The second-order valence-corrected chi connectivity index (χ2v) is 6.36. The quantitative estimate of drug-likeness (QED) is 0.806. The number of hydrogen-bond donors (Lipinski definition) is 2. The molecular formula is C13H15NO5S. The molecule has 0 fully saturated rings. The average Bonchev–Trinajstić information content (AvgIpc) is 2.41. The molecule has 6 nitrogen and oxygen atoms in total. The van der Waals surface area contributed by atoms with Gasteiger partial charge in [-0.05, 0) is 31.2 Å². The van der Waals surface area contributed by atoms with Crippen molar-refractivity contribution in [2.45, 2.75) is 24.1 Å². The van der Waals surface area contributed by atoms with Crippen LogP contribution in [0.1, 0.15) is 5.56 Å². The number of benzene rings is 1. The first-order valence-corrected chi connectivity index (χ1v) is 7.43. The molecule has 1 aromatic rings. The first kappa shape index (κ1) is 14.9. The second kappa shape index (κ2) is 5.45. The molecule has 0 amide bonds. The van der Waals surface area contributed by atoms with Crippen LogP contribution in [0.3, 0.4) is 0 Å². The molecule has 2 rings (SSSR count). The summed E-state index contributed by atoms with van der Waals surface area (Å²) in [6, 6.07) is 4.73. The molecule has 0 spiro atoms. The van der Waals surface area contributed by atoms with Crippen LogP contribution in [0.15, 0.2) is 41.3 Å². The Labute approximate surface area is 117 Å². The molecule has 0 saturated heterocycles. The van der Waals surface area contributed by atoms with Crippen molar-refractivity contribution in [1.29, 1.82) is 0 Å². The van der Waals surface area contributed by atoms with Crippen LogP contribution in [-0.2, 0) is 14.8 Å². The predicted molar refractivity (Wildman–Crippen MR) is 71.2 cm³/mol. The molecule has 1 heterocycles. The Morgan fingerprint density at radius 1 is 1.25 bits per heavy atom. The van der Waals surface area contributed by atoms with Crippen molar-refractivity contribution < 1.29 is 23.4 Å². The first-order valence-electron chi connectivity index (χ1n) is 5.99. The van der Waals surface area contributed by atoms with Gasteiger partial charge in [0.2, 0.25) is 10.0 Å². The fourth-order valence-corrected chi connectivity index (χ4v) is 3.58. The Bertz CT molecular complexity index is 635. The molecule has 1 unspecified atom stereocenters. The van der Waals surface area contributed by atoms with E-state index in [2.05, 4.69) is 0 Å². The second-order valence-electron chi connectivity index (χ2n) is 4.52. The van der Waals surface area contributed by atoms with Crippen LogP contribution in [0.5, 0.6) is 0 Å². The van der Waals surface area contributed by atoms with Crippen LogP contribution >= 0.6 is 0 Å². The van der Waals surface area contributed by atoms with E-state index in [4.69, 9.17) is 0 Å². The predicted octanol–water partition coefficient (Wildman–Crippen LogP) is -0.196. The fraction of sp³-hybridized carbons (Fsp3) is 0.308. The maximum absolute atomic E-state index is 12.5. The number of ketones is 1. The Kier molecular flexibility index (Phi) is 4.05. The number of carbonyl (C=O) groups is 1. The number of nitrogens with zero attached hydrogens (tertiary/aromatic N) is 1. The lowest BCUT2D eigenvalue weighted by Gasteiger charge is -2.33. The van der Waals surface area contributed by atoms with Crippen molar-refractivity contribution in [1.82, 2.24) is 4.31 Å². The van der Waals surface area contributed by atoms with E-state index >= 15 is 0 Å². The molecule has 2 N–H and O–H groups in total. The summed E-state index contributed by atoms with van der Waals surface area (Å²) >= 11 is 0. The van der Waals surface area contributed by atoms with Gasteiger partial charge in [0.05, 0.1) is 11.5 Å². The number of carbonyl (C=O) groups excluding carboxylic acids is 1. The maximum atomic E-state index is 12.5. The zero-order valence-corrected chi connectivity index (χ0v) is 11.6. The minimum atomic E-state index is -4.07. The summed E-state index contributed by atoms with van der Waals surface area (Å²) in [5, 5.41) is 19.1. The third-order valence-electron chi connectivity index (χ3n) is 3.10. The third-order valence-corrected chi connectivity index (χ3v) is 4.99. The lowest BCUT2D eigenvalue weighted by molar-refractivity contribution is -0.122. The summed E-state index contributed by atoms with van der Waals surface area (Å²) in [5.74, 6) is -0.562. The number of aliphatic hydroxyl groups excluding tert-OH is 2. The normalized spacial score (nSPS) is 24.1. The zero-order chi connectivity index (χ0) is 14.9. The maximum Gasteiger partial charge on any atom is 0.246 e. The van der Waals surface area contributed by atoms with Gasteiger partial charge in [-0.2, -0.15) is 4.31 Å². The molecule has 0 saturated carbocycles. The van der Waals surface area contributed by atoms with E-state index < -0.39 is 34.7 Å². The Morgan fingerprint density at radius 2 is 1.85 bits per heavy atom. The van der Waals surface area contributed by atoms with Crippen LogP contribution in [0.4, 0.5) is 0 Å². The van der Waals surface area contributed by atoms with Crippen LogP contribution in [0.25, 0.3) is 0 Å². The third kappa shape index (κ3) is 2.53. The largest absolute Gasteiger partial charge is 0.394 e. The van der Waals surface area contributed by atoms with E-state index in [1.165, 1.54) is 12.1 Å². The van der Waals surface area contributed by atoms with Gasteiger partial charge in [-0.15, -0.1) is 0 Å². The molecule has 0 radical (unpaired) electrons. The van der Waals surface area contributed by atoms with Gasteiger partial charge in [0.15, 0.2) is 5.78 Å². The Morgan fingerprint density at radius 3 is 2.40 bits per heavy atom. The summed E-state index contributed by atoms with van der Waals surface area (Å²) in [4.78, 5) is 11.6. The zero-order valence-electron chi connectivity index (χ0n) is 10.8. The SMILES string of the molecule is Cc1ccc(S(=O)(=O)N2C(O)C=CC(=O)[C@@H]2CO)cc1. The molecule has 2 atom stereocenters. The summed E-state index contributed by atoms with van der Waals surface area (Å²) in [6.07, 6.45) is 0.684. The molecule has 1 aliphatic heterocycles. The highest BCUT2D eigenvalue weighted by Crippen LogP contribution is 2.24. The molecule has 1 aliphatic rings. The number of hydrogen-bond acceptors (Lipinski definition) is 5. The highest BCUT2D eigenvalue weighted by Gasteiger charge is 2.40. The molecule has 108 valence electrons. The minimum Gasteiger partial charge on any atom is -0.394 e. The Hall–Kier alpha value is -1.54. The highest BCUT2D eigenvalue weighted by molar-refractivity contribution is 7.89. The van der Waals surface area contributed by atoms with Crippen LogP contribution in [0.2, 0.25) is 0 Å². The minimum absolute atomic E-state index is 0.0382. The van der Waals surface area contributed by atoms with Crippen LogP contribution in [0, 0.1) is 6.92 Å². The lowest BCUT2D eigenvalue weighted by atomic mass is 10.1. The number of aryl methyl sites for hydroxylation is 1. The van der Waals surface area contributed by atoms with Gasteiger partial charge in [0.25, 0.3) is 0 Å². The van der Waals surface area contributed by atoms with Gasteiger partial charge < -0.3 is 10.2 Å². The number of aliphatic hydroxyl groups is 2. The van der Waals surface area contributed by atoms with Crippen molar-refractivity contribution in [3.8, 4) is 0 Å². The summed E-state index contributed by atoms with van der Waals surface area (Å²) in [5.41, 5.74) is 0.887. The number of sulfonamides is 1. The fourth-order valence-electron chi connectivity index (χ4n) is 2.00. The monoisotopic (exact) mass is 297 g/mol. The summed E-state index contributed by atoms with van der Waals surface area (Å²) in [7, 11) is -4.07. The highest BCUT2D eigenvalue weighted by atomic mass is 32.2. The standard InChI is InChI=1S/C13H15NO5S/c1-9-2-4-10(5-3-9)20(18,19)14-11(8-15)12(16)6-7-13(14)17/h2-7,11,13,15,17H,8H2,1H3/t11-,13?/m0/s1. The smallest absolute Gasteiger partial charge is 0.246 e. The van der Waals surface area contributed by atoms with E-state index in [1.54, 1.807) is 12.1 Å². The average molecular weight is 297 g/mol. The van der Waals surface area contributed by atoms with Crippen molar-refractivity contribution >= 4 is 15.8 Å². The van der Waals surface area contributed by atoms with E-state index in [-0.39, 0.29) is 4.90 Å². The molecule has 0 bridgehead atoms. The topological polar surface area (TPSA) is 94.9 Å². The van der Waals surface area contributed by atoms with Gasteiger partial charge >= 0.3 is 0 Å². The van der Waals surface area contributed by atoms with Crippen molar-refractivity contribution in [2.75, 3.05) is 6.61 Å². The lowest BCUT2D eigenvalue weighted by Crippen LogP contribution is -2.53. The molecule has 20 heavy (non-hydrogen) atoms. The number of rotatable bonds is 3. The van der Waals surface area contributed by atoms with E-state index in [0.29, 0.717) is 4.31 Å². The van der Waals surface area contributed by atoms with E-state index in [0.717, 1.165) is 17.7 Å². The first-order chi connectivity index (χ1) is 9.37. The van der Waals surface area contributed by atoms with Gasteiger partial charge in [-0.3, -0.25) is 4.79 Å². The molecule has 1 aromatic carbocycles. The Balaban J connectivity index is 2.49. The molecule has 7 heteroatoms. The summed E-state index contributed by atoms with van der Waals surface area (Å²) in [6.45, 7) is 1.13. The van der Waals surface area contributed by atoms with E-state index in [1.807, 2.05) is 6.92 Å².